The quantitative estimate of drug-likeness (QED) is 0.439. The van der Waals surface area contributed by atoms with Gasteiger partial charge in [-0.3, -0.25) is 14.5 Å². The fraction of sp³-hybridized carbons (Fsp3) is 0.394. The fourth-order valence-corrected chi connectivity index (χ4v) is 5.12. The Morgan fingerprint density at radius 2 is 1.78 bits per heavy atom. The van der Waals surface area contributed by atoms with Gasteiger partial charge in [-0.2, -0.15) is 0 Å². The molecule has 3 atom stereocenters. The van der Waals surface area contributed by atoms with E-state index in [9.17, 15) is 9.59 Å². The van der Waals surface area contributed by atoms with E-state index >= 15 is 0 Å². The highest BCUT2D eigenvalue weighted by atomic mass is 16.5. The van der Waals surface area contributed by atoms with E-state index in [1.165, 1.54) is 5.56 Å². The van der Waals surface area contributed by atoms with Crippen LogP contribution in [0.25, 0.3) is 0 Å². The zero-order chi connectivity index (χ0) is 29.4. The van der Waals surface area contributed by atoms with E-state index in [0.29, 0.717) is 41.5 Å². The second-order valence-electron chi connectivity index (χ2n) is 10.7. The third-order valence-corrected chi connectivity index (χ3v) is 7.70. The van der Waals surface area contributed by atoms with Crippen molar-refractivity contribution >= 4 is 17.5 Å². The molecule has 0 aliphatic carbocycles. The van der Waals surface area contributed by atoms with Gasteiger partial charge in [0, 0.05) is 57.2 Å². The van der Waals surface area contributed by atoms with Gasteiger partial charge in [-0.15, -0.1) is 0 Å². The monoisotopic (exact) mass is 559 g/mol. The van der Waals surface area contributed by atoms with Gasteiger partial charge < -0.3 is 24.4 Å². The zero-order valence-electron chi connectivity index (χ0n) is 24.6. The topological polar surface area (TPSA) is 80.3 Å². The van der Waals surface area contributed by atoms with E-state index in [0.717, 1.165) is 19.5 Å². The van der Waals surface area contributed by atoms with E-state index in [-0.39, 0.29) is 29.9 Å². The summed E-state index contributed by atoms with van der Waals surface area (Å²) in [4.78, 5) is 30.6. The molecule has 2 amide bonds. The molecule has 218 valence electrons. The van der Waals surface area contributed by atoms with Crippen LogP contribution in [0, 0.1) is 5.92 Å². The first-order valence-electron chi connectivity index (χ1n) is 14.1. The summed E-state index contributed by atoms with van der Waals surface area (Å²) in [6, 6.07) is 22.7. The molecule has 0 bridgehead atoms. The number of ether oxygens (including phenoxy) is 3. The first-order valence-corrected chi connectivity index (χ1v) is 14.1. The standard InChI is InChI=1S/C33H41N3O5/c1-23-20-36(17-16-25-10-7-6-8-11-25)24(2)22-41-30-19-27(34-32(37)26-12-9-13-28(18-26)39-4)14-15-29(30)33(38)35(3)21-31(23)40-5/h6-15,18-19,23-24,31H,16-17,20-22H2,1-5H3,(H,34,37)/t23-,24-,31-/m1/s1. The van der Waals surface area contributed by atoms with Gasteiger partial charge in [0.25, 0.3) is 11.8 Å². The van der Waals surface area contributed by atoms with Crippen LogP contribution >= 0.6 is 0 Å². The van der Waals surface area contributed by atoms with Crippen molar-refractivity contribution in [1.29, 1.82) is 0 Å². The van der Waals surface area contributed by atoms with Crippen LogP contribution in [0.1, 0.15) is 40.1 Å². The molecule has 1 aliphatic rings. The van der Waals surface area contributed by atoms with Crippen molar-refractivity contribution in [1.82, 2.24) is 9.80 Å². The van der Waals surface area contributed by atoms with Gasteiger partial charge in [0.1, 0.15) is 18.1 Å². The second-order valence-corrected chi connectivity index (χ2v) is 10.7. The molecule has 8 heteroatoms. The summed E-state index contributed by atoms with van der Waals surface area (Å²) in [5.74, 6) is 0.790. The van der Waals surface area contributed by atoms with E-state index in [2.05, 4.69) is 48.3 Å². The molecule has 0 radical (unpaired) electrons. The Bertz CT molecular complexity index is 1320. The highest BCUT2D eigenvalue weighted by molar-refractivity contribution is 6.05. The van der Waals surface area contributed by atoms with Crippen molar-refractivity contribution in [2.45, 2.75) is 32.4 Å². The second kappa shape index (κ2) is 14.1. The predicted octanol–water partition coefficient (Wildman–Crippen LogP) is 5.00. The number of nitrogens with one attached hydrogen (secondary N) is 1. The number of nitrogens with zero attached hydrogens (tertiary/aromatic N) is 2. The number of rotatable bonds is 7. The normalized spacial score (nSPS) is 20.3. The molecule has 0 unspecified atom stereocenters. The van der Waals surface area contributed by atoms with Crippen molar-refractivity contribution in [2.75, 3.05) is 52.8 Å². The van der Waals surface area contributed by atoms with Crippen LogP contribution < -0.4 is 14.8 Å². The van der Waals surface area contributed by atoms with Gasteiger partial charge >= 0.3 is 0 Å². The molecule has 1 N–H and O–H groups in total. The largest absolute Gasteiger partial charge is 0.497 e. The van der Waals surface area contributed by atoms with Crippen molar-refractivity contribution in [2.24, 2.45) is 5.92 Å². The minimum atomic E-state index is -0.280. The number of hydrogen-bond donors (Lipinski definition) is 1. The van der Waals surface area contributed by atoms with E-state index in [4.69, 9.17) is 14.2 Å². The van der Waals surface area contributed by atoms with Crippen LogP contribution in [-0.2, 0) is 11.2 Å². The summed E-state index contributed by atoms with van der Waals surface area (Å²) in [5, 5.41) is 2.92. The summed E-state index contributed by atoms with van der Waals surface area (Å²) in [6.45, 7) is 6.83. The smallest absolute Gasteiger partial charge is 0.257 e. The number of methoxy groups -OCH3 is 2. The van der Waals surface area contributed by atoms with Crippen molar-refractivity contribution in [3.05, 3.63) is 89.5 Å². The van der Waals surface area contributed by atoms with Gasteiger partial charge in [0.15, 0.2) is 0 Å². The number of carbonyl (C=O) groups is 2. The molecular weight excluding hydrogens is 518 g/mol. The minimum Gasteiger partial charge on any atom is -0.497 e. The molecule has 0 saturated heterocycles. The molecule has 0 fully saturated rings. The van der Waals surface area contributed by atoms with Crippen LogP contribution in [0.15, 0.2) is 72.8 Å². The summed E-state index contributed by atoms with van der Waals surface area (Å²) < 4.78 is 17.5. The van der Waals surface area contributed by atoms with Gasteiger partial charge in [-0.25, -0.2) is 0 Å². The molecule has 8 nitrogen and oxygen atoms in total. The third-order valence-electron chi connectivity index (χ3n) is 7.70. The molecule has 41 heavy (non-hydrogen) atoms. The molecule has 4 rings (SSSR count). The third kappa shape index (κ3) is 7.86. The Kier molecular flexibility index (Phi) is 10.4. The average molecular weight is 560 g/mol. The maximum atomic E-state index is 13.5. The lowest BCUT2D eigenvalue weighted by Gasteiger charge is -2.36. The summed E-state index contributed by atoms with van der Waals surface area (Å²) in [7, 11) is 5.05. The molecule has 3 aromatic carbocycles. The van der Waals surface area contributed by atoms with E-state index in [1.807, 2.05) is 6.07 Å². The van der Waals surface area contributed by atoms with Gasteiger partial charge in [-0.1, -0.05) is 43.3 Å². The molecule has 0 spiro atoms. The van der Waals surface area contributed by atoms with Crippen molar-refractivity contribution in [3.8, 4) is 11.5 Å². The van der Waals surface area contributed by atoms with E-state index in [1.54, 1.807) is 68.6 Å². The van der Waals surface area contributed by atoms with Crippen molar-refractivity contribution < 1.29 is 23.8 Å². The Morgan fingerprint density at radius 3 is 2.51 bits per heavy atom. The predicted molar refractivity (Wildman–Crippen MR) is 161 cm³/mol. The molecule has 3 aromatic rings. The number of fused-ring (bicyclic) bond motifs is 1. The number of anilines is 1. The van der Waals surface area contributed by atoms with Gasteiger partial charge in [0.05, 0.1) is 18.8 Å². The Hall–Kier alpha value is -3.88. The first kappa shape index (κ1) is 30.1. The number of carbonyl (C=O) groups excluding carboxylic acids is 2. The van der Waals surface area contributed by atoms with Crippen LogP contribution in [0.2, 0.25) is 0 Å². The van der Waals surface area contributed by atoms with Gasteiger partial charge in [0.2, 0.25) is 0 Å². The maximum Gasteiger partial charge on any atom is 0.257 e. The van der Waals surface area contributed by atoms with Crippen LogP contribution in [0.4, 0.5) is 5.69 Å². The Morgan fingerprint density at radius 1 is 1.00 bits per heavy atom. The van der Waals surface area contributed by atoms with E-state index < -0.39 is 0 Å². The lowest BCUT2D eigenvalue weighted by atomic mass is 10.0. The van der Waals surface area contributed by atoms with Crippen molar-refractivity contribution in [3.63, 3.8) is 0 Å². The molecular formula is C33H41N3O5. The highest BCUT2D eigenvalue weighted by Crippen LogP contribution is 2.27. The van der Waals surface area contributed by atoms with Crippen LogP contribution in [0.3, 0.4) is 0 Å². The summed E-state index contributed by atoms with van der Waals surface area (Å²) >= 11 is 0. The number of likely N-dealkylation sites (N-methyl/N-ethyl adjacent to an activating group) is 1. The first-order chi connectivity index (χ1) is 19.8. The Balaban J connectivity index is 1.59. The summed E-state index contributed by atoms with van der Waals surface area (Å²) in [6.07, 6.45) is 0.797. The van der Waals surface area contributed by atoms with Gasteiger partial charge in [-0.05, 0) is 55.2 Å². The number of benzene rings is 3. The number of amides is 2. The maximum absolute atomic E-state index is 13.5. The zero-order valence-corrected chi connectivity index (χ0v) is 24.6. The lowest BCUT2D eigenvalue weighted by molar-refractivity contribution is 0.0109. The summed E-state index contributed by atoms with van der Waals surface area (Å²) in [5.41, 5.74) is 2.74. The molecule has 1 aliphatic heterocycles. The molecule has 1 heterocycles. The van der Waals surface area contributed by atoms with Crippen LogP contribution in [-0.4, -0.2) is 81.3 Å². The lowest BCUT2D eigenvalue weighted by Crippen LogP contribution is -2.47. The van der Waals surface area contributed by atoms with Crippen LogP contribution in [0.5, 0.6) is 11.5 Å². The SMILES string of the molecule is COc1cccc(C(=O)Nc2ccc3c(c2)OC[C@@H](C)N(CCc2ccccc2)C[C@@H](C)[C@H](OC)CN(C)C3=O)c1. The molecule has 0 saturated carbocycles. The average Bonchev–Trinajstić information content (AvgIpc) is 3.00. The highest BCUT2D eigenvalue weighted by Gasteiger charge is 2.28. The molecule has 0 aromatic heterocycles. The Labute approximate surface area is 243 Å². The fourth-order valence-electron chi connectivity index (χ4n) is 5.12. The minimum absolute atomic E-state index is 0.0776. The number of hydrogen-bond acceptors (Lipinski definition) is 6.